The van der Waals surface area contributed by atoms with Crippen LogP contribution >= 0.6 is 0 Å². The van der Waals surface area contributed by atoms with Crippen LogP contribution in [0.1, 0.15) is 5.56 Å². The minimum absolute atomic E-state index is 0. The number of anilines is 4. The third kappa shape index (κ3) is 4.91. The van der Waals surface area contributed by atoms with Gasteiger partial charge < -0.3 is 19.2 Å². The molecule has 5 heteroatoms. The van der Waals surface area contributed by atoms with Crippen LogP contribution in [0, 0.1) is 25.7 Å². The van der Waals surface area contributed by atoms with Gasteiger partial charge in [0.25, 0.3) is 0 Å². The van der Waals surface area contributed by atoms with Crippen LogP contribution in [-0.2, 0) is 20.1 Å². The Bertz CT molecular complexity index is 2510. The topological polar surface area (TPSA) is 23.8 Å². The van der Waals surface area contributed by atoms with Crippen molar-refractivity contribution in [2.45, 2.75) is 6.92 Å². The van der Waals surface area contributed by atoms with Gasteiger partial charge in [-0.05, 0) is 53.9 Å². The van der Waals surface area contributed by atoms with E-state index in [2.05, 4.69) is 153 Å². The van der Waals surface area contributed by atoms with Crippen molar-refractivity contribution in [2.24, 2.45) is 0 Å². The van der Waals surface area contributed by atoms with Crippen LogP contribution < -0.4 is 9.80 Å². The molecule has 230 valence electrons. The van der Waals surface area contributed by atoms with Crippen LogP contribution in [0.3, 0.4) is 0 Å². The van der Waals surface area contributed by atoms with E-state index in [-0.39, 0.29) is 20.1 Å². The molecule has 9 aromatic rings. The second kappa shape index (κ2) is 12.3. The normalized spacial score (nSPS) is 12.4. The Morgan fingerprint density at radius 3 is 2.08 bits per heavy atom. The van der Waals surface area contributed by atoms with Crippen LogP contribution in [0.4, 0.5) is 22.7 Å². The maximum Gasteiger partial charge on any atom is 3.00 e. The maximum absolute atomic E-state index is 4.32. The van der Waals surface area contributed by atoms with Crippen molar-refractivity contribution in [1.82, 2.24) is 9.38 Å². The predicted molar refractivity (Wildman–Crippen MR) is 195 cm³/mol. The first kappa shape index (κ1) is 29.9. The zero-order valence-electron chi connectivity index (χ0n) is 26.1. The smallest absolute Gasteiger partial charge is 0.493 e. The van der Waals surface area contributed by atoms with Crippen LogP contribution in [0.5, 0.6) is 0 Å². The number of aromatic nitrogens is 2. The van der Waals surface area contributed by atoms with Crippen molar-refractivity contribution in [3.05, 3.63) is 176 Å². The molecule has 0 atom stereocenters. The number of hydrogen-bond donors (Lipinski definition) is 0. The number of nitrogens with zero attached hydrogens (tertiary/aromatic N) is 4. The monoisotopic (exact) mass is 794 g/mol. The summed E-state index contributed by atoms with van der Waals surface area (Å²) >= 11 is 0. The zero-order valence-corrected chi connectivity index (χ0v) is 28.5. The Morgan fingerprint density at radius 2 is 1.31 bits per heavy atom. The summed E-state index contributed by atoms with van der Waals surface area (Å²) in [6, 6.07) is 57.6. The SMILES string of the molecule is Cc1ccc(-c2[c-]cccc2)nc1.[Ir+3].[c-]1c(N2[CH-]N(c3ccccc3)c3ccccc32)ccc2c3cccc4c5ccccc5n(c12)c34. The molecule has 0 bridgehead atoms. The quantitative estimate of drug-likeness (QED) is 0.167. The van der Waals surface area contributed by atoms with E-state index in [4.69, 9.17) is 0 Å². The van der Waals surface area contributed by atoms with Gasteiger partial charge in [-0.15, -0.1) is 65.8 Å². The number of benzene rings is 6. The molecule has 0 fully saturated rings. The number of para-hydroxylation sites is 5. The average molecular weight is 794 g/mol. The van der Waals surface area contributed by atoms with E-state index in [0.29, 0.717) is 0 Å². The molecule has 48 heavy (non-hydrogen) atoms. The summed E-state index contributed by atoms with van der Waals surface area (Å²) in [5.74, 6) is 0. The fourth-order valence-corrected chi connectivity index (χ4v) is 6.75. The third-order valence-corrected chi connectivity index (χ3v) is 8.94. The van der Waals surface area contributed by atoms with E-state index < -0.39 is 0 Å². The van der Waals surface area contributed by atoms with Gasteiger partial charge in [-0.3, -0.25) is 0 Å². The van der Waals surface area contributed by atoms with E-state index in [9.17, 15) is 0 Å². The summed E-state index contributed by atoms with van der Waals surface area (Å²) in [7, 11) is 0. The molecule has 0 saturated heterocycles. The molecule has 0 N–H and O–H groups in total. The maximum atomic E-state index is 4.32. The van der Waals surface area contributed by atoms with E-state index >= 15 is 0 Å². The summed E-state index contributed by atoms with van der Waals surface area (Å²) in [5, 5.41) is 5.11. The molecule has 3 aromatic heterocycles. The predicted octanol–water partition coefficient (Wildman–Crippen LogP) is 10.9. The first-order valence-corrected chi connectivity index (χ1v) is 15.8. The van der Waals surface area contributed by atoms with Crippen molar-refractivity contribution in [3.8, 4) is 11.3 Å². The minimum atomic E-state index is 0. The fourth-order valence-electron chi connectivity index (χ4n) is 6.75. The Kier molecular flexibility index (Phi) is 7.64. The summed E-state index contributed by atoms with van der Waals surface area (Å²) < 4.78 is 2.38. The summed E-state index contributed by atoms with van der Waals surface area (Å²) in [4.78, 5) is 8.81. The number of hydrogen-bond acceptors (Lipinski definition) is 3. The number of rotatable bonds is 3. The van der Waals surface area contributed by atoms with Crippen LogP contribution in [0.2, 0.25) is 0 Å². The zero-order chi connectivity index (χ0) is 31.3. The van der Waals surface area contributed by atoms with Crippen LogP contribution in [0.25, 0.3) is 49.4 Å². The van der Waals surface area contributed by atoms with Crippen molar-refractivity contribution in [2.75, 3.05) is 9.80 Å². The molecule has 4 heterocycles. The number of fused-ring (bicyclic) bond motifs is 7. The molecule has 4 nitrogen and oxygen atoms in total. The fraction of sp³-hybridized carbons (Fsp3) is 0.0233. The molecule has 0 saturated carbocycles. The Balaban J connectivity index is 0.000000203. The van der Waals surface area contributed by atoms with Gasteiger partial charge in [-0.25, -0.2) is 0 Å². The van der Waals surface area contributed by atoms with Crippen molar-refractivity contribution >= 4 is 60.8 Å². The molecule has 0 aliphatic carbocycles. The second-order valence-corrected chi connectivity index (χ2v) is 11.8. The molecule has 1 aliphatic heterocycles. The molecule has 0 unspecified atom stereocenters. The van der Waals surface area contributed by atoms with Gasteiger partial charge in [0, 0.05) is 39.5 Å². The van der Waals surface area contributed by atoms with Gasteiger partial charge >= 0.3 is 20.1 Å². The van der Waals surface area contributed by atoms with Gasteiger partial charge in [0.1, 0.15) is 0 Å². The Morgan fingerprint density at radius 1 is 0.604 bits per heavy atom. The van der Waals surface area contributed by atoms with E-state index in [1.165, 1.54) is 43.8 Å². The first-order chi connectivity index (χ1) is 23.2. The summed E-state index contributed by atoms with van der Waals surface area (Å²) in [5.41, 5.74) is 11.3. The Hall–Kier alpha value is -5.48. The largest absolute Gasteiger partial charge is 3.00 e. The van der Waals surface area contributed by atoms with Gasteiger partial charge in [-0.2, -0.15) is 6.07 Å². The van der Waals surface area contributed by atoms with Gasteiger partial charge in [0.2, 0.25) is 0 Å². The van der Waals surface area contributed by atoms with Crippen molar-refractivity contribution in [3.63, 3.8) is 0 Å². The summed E-state index contributed by atoms with van der Waals surface area (Å²) in [6.45, 7) is 4.20. The molecule has 0 spiro atoms. The third-order valence-electron chi connectivity index (χ3n) is 8.94. The standard InChI is InChI=1S/C31H19N3.C12H10N.Ir/c1-2-9-21(10-3-1)32-20-33(29-16-7-6-15-28(29)32)22-17-18-24-26-13-8-12-25-23-11-4-5-14-27(23)34(31(25)26)30(24)19-22;1-10-7-8-12(13-9-10)11-5-3-2-4-6-11;/h1-18,20H;2-5,7-9H,1H3;/q-2;-1;+3. The van der Waals surface area contributed by atoms with E-state index in [1.54, 1.807) is 0 Å². The van der Waals surface area contributed by atoms with Crippen LogP contribution in [-0.4, -0.2) is 9.38 Å². The molecular formula is C43H29IrN4. The molecule has 0 radical (unpaired) electrons. The summed E-state index contributed by atoms with van der Waals surface area (Å²) in [6.07, 6.45) is 1.87. The van der Waals surface area contributed by atoms with Crippen molar-refractivity contribution in [1.29, 1.82) is 0 Å². The van der Waals surface area contributed by atoms with Gasteiger partial charge in [0.05, 0.1) is 5.52 Å². The minimum Gasteiger partial charge on any atom is -0.493 e. The second-order valence-electron chi connectivity index (χ2n) is 11.8. The van der Waals surface area contributed by atoms with Crippen molar-refractivity contribution < 1.29 is 20.1 Å². The van der Waals surface area contributed by atoms with E-state index in [0.717, 1.165) is 33.8 Å². The van der Waals surface area contributed by atoms with E-state index in [1.807, 2.05) is 43.5 Å². The first-order valence-electron chi connectivity index (χ1n) is 15.8. The van der Waals surface area contributed by atoms with Gasteiger partial charge in [0.15, 0.2) is 0 Å². The number of pyridine rings is 1. The molecule has 6 aromatic carbocycles. The molecule has 10 rings (SSSR count). The van der Waals surface area contributed by atoms with Gasteiger partial charge in [-0.1, -0.05) is 84.4 Å². The average Bonchev–Trinajstić information content (AvgIpc) is 3.80. The molecular weight excluding hydrogens is 765 g/mol. The van der Waals surface area contributed by atoms with Crippen LogP contribution in [0.15, 0.2) is 152 Å². The number of aryl methyl sites for hydroxylation is 1. The Labute approximate surface area is 293 Å². The molecule has 1 aliphatic rings. The molecule has 0 amide bonds.